The van der Waals surface area contributed by atoms with Gasteiger partial charge in [0.1, 0.15) is 5.75 Å². The number of nitrogens with zero attached hydrogens (tertiary/aromatic N) is 1. The summed E-state index contributed by atoms with van der Waals surface area (Å²) in [5.41, 5.74) is 7.19. The molecule has 0 saturated heterocycles. The molecule has 0 atom stereocenters. The molecule has 2 rings (SSSR count). The monoisotopic (exact) mass is 234 g/mol. The first-order chi connectivity index (χ1) is 7.66. The normalized spacial score (nSPS) is 10.1. The smallest absolute Gasteiger partial charge is 0.242 e. The summed E-state index contributed by atoms with van der Waals surface area (Å²) in [5.74, 6) is 1.11. The van der Waals surface area contributed by atoms with E-state index in [2.05, 4.69) is 4.98 Å². The SMILES string of the molecule is Cc1cc(Cl)ccc1Oc1ncccc1N. The molecule has 0 aliphatic carbocycles. The second-order valence-electron chi connectivity index (χ2n) is 3.41. The topological polar surface area (TPSA) is 48.1 Å². The van der Waals surface area contributed by atoms with Gasteiger partial charge in [0.15, 0.2) is 0 Å². The van der Waals surface area contributed by atoms with Crippen LogP contribution in [0.3, 0.4) is 0 Å². The van der Waals surface area contributed by atoms with Crippen LogP contribution in [-0.2, 0) is 0 Å². The van der Waals surface area contributed by atoms with Crippen molar-refractivity contribution in [3.8, 4) is 11.6 Å². The summed E-state index contributed by atoms with van der Waals surface area (Å²) in [6, 6.07) is 8.90. The summed E-state index contributed by atoms with van der Waals surface area (Å²) >= 11 is 5.86. The van der Waals surface area contributed by atoms with E-state index in [1.165, 1.54) is 0 Å². The standard InChI is InChI=1S/C12H11ClN2O/c1-8-7-9(13)4-5-11(8)16-12-10(14)3-2-6-15-12/h2-7H,14H2,1H3. The van der Waals surface area contributed by atoms with Crippen LogP contribution < -0.4 is 10.5 Å². The summed E-state index contributed by atoms with van der Waals surface area (Å²) in [6.07, 6.45) is 1.64. The summed E-state index contributed by atoms with van der Waals surface area (Å²) in [6.45, 7) is 1.92. The fourth-order valence-corrected chi connectivity index (χ4v) is 1.55. The maximum Gasteiger partial charge on any atom is 0.242 e. The second-order valence-corrected chi connectivity index (χ2v) is 3.85. The average Bonchev–Trinajstić information content (AvgIpc) is 2.25. The predicted octanol–water partition coefficient (Wildman–Crippen LogP) is 3.42. The van der Waals surface area contributed by atoms with Crippen LogP contribution in [0.15, 0.2) is 36.5 Å². The third-order valence-electron chi connectivity index (χ3n) is 2.14. The third-order valence-corrected chi connectivity index (χ3v) is 2.38. The van der Waals surface area contributed by atoms with E-state index in [0.717, 1.165) is 5.56 Å². The first-order valence-electron chi connectivity index (χ1n) is 4.81. The van der Waals surface area contributed by atoms with Crippen LogP contribution in [0.5, 0.6) is 11.6 Å². The molecule has 0 aliphatic heterocycles. The van der Waals surface area contributed by atoms with Gasteiger partial charge in [-0.1, -0.05) is 11.6 Å². The second kappa shape index (κ2) is 4.41. The Balaban J connectivity index is 2.31. The number of nitrogen functional groups attached to an aromatic ring is 1. The summed E-state index contributed by atoms with van der Waals surface area (Å²) in [4.78, 5) is 4.06. The lowest BCUT2D eigenvalue weighted by molar-refractivity contribution is 0.462. The van der Waals surface area contributed by atoms with E-state index >= 15 is 0 Å². The molecule has 0 amide bonds. The van der Waals surface area contributed by atoms with E-state index in [1.54, 1.807) is 30.5 Å². The van der Waals surface area contributed by atoms with Gasteiger partial charge >= 0.3 is 0 Å². The molecule has 0 unspecified atom stereocenters. The molecular formula is C12H11ClN2O. The van der Waals surface area contributed by atoms with Crippen molar-refractivity contribution in [2.75, 3.05) is 5.73 Å². The Bertz CT molecular complexity index is 514. The van der Waals surface area contributed by atoms with Gasteiger partial charge in [-0.2, -0.15) is 0 Å². The van der Waals surface area contributed by atoms with Crippen LogP contribution in [0, 0.1) is 6.92 Å². The summed E-state index contributed by atoms with van der Waals surface area (Å²) in [5, 5.41) is 0.679. The molecule has 2 aromatic rings. The number of hydrogen-bond donors (Lipinski definition) is 1. The van der Waals surface area contributed by atoms with Crippen molar-refractivity contribution >= 4 is 17.3 Å². The lowest BCUT2D eigenvalue weighted by Gasteiger charge is -2.09. The minimum absolute atomic E-state index is 0.410. The van der Waals surface area contributed by atoms with E-state index < -0.39 is 0 Å². The molecule has 0 saturated carbocycles. The Morgan fingerprint density at radius 1 is 1.31 bits per heavy atom. The molecule has 2 N–H and O–H groups in total. The highest BCUT2D eigenvalue weighted by molar-refractivity contribution is 6.30. The quantitative estimate of drug-likeness (QED) is 0.866. The fourth-order valence-electron chi connectivity index (χ4n) is 1.32. The molecule has 1 heterocycles. The Hall–Kier alpha value is -1.74. The van der Waals surface area contributed by atoms with Crippen molar-refractivity contribution in [1.82, 2.24) is 4.98 Å². The van der Waals surface area contributed by atoms with Crippen molar-refractivity contribution in [3.63, 3.8) is 0 Å². The molecule has 16 heavy (non-hydrogen) atoms. The Labute approximate surface area is 98.8 Å². The molecule has 0 spiro atoms. The number of aryl methyl sites for hydroxylation is 1. The molecule has 1 aromatic carbocycles. The largest absolute Gasteiger partial charge is 0.437 e. The van der Waals surface area contributed by atoms with Crippen molar-refractivity contribution in [2.24, 2.45) is 0 Å². The number of anilines is 1. The van der Waals surface area contributed by atoms with E-state index in [4.69, 9.17) is 22.1 Å². The Morgan fingerprint density at radius 3 is 2.81 bits per heavy atom. The van der Waals surface area contributed by atoms with Gasteiger partial charge in [0.2, 0.25) is 5.88 Å². The van der Waals surface area contributed by atoms with Crippen molar-refractivity contribution in [3.05, 3.63) is 47.1 Å². The maximum absolute atomic E-state index is 5.86. The van der Waals surface area contributed by atoms with Gasteiger partial charge in [-0.15, -0.1) is 0 Å². The van der Waals surface area contributed by atoms with Crippen LogP contribution in [0.1, 0.15) is 5.56 Å². The van der Waals surface area contributed by atoms with Crippen molar-refractivity contribution in [2.45, 2.75) is 6.92 Å². The van der Waals surface area contributed by atoms with Gasteiger partial charge in [-0.05, 0) is 42.8 Å². The van der Waals surface area contributed by atoms with Gasteiger partial charge in [-0.3, -0.25) is 0 Å². The van der Waals surface area contributed by atoms with Crippen LogP contribution >= 0.6 is 11.6 Å². The minimum atomic E-state index is 0.410. The molecule has 82 valence electrons. The first-order valence-corrected chi connectivity index (χ1v) is 5.19. The van der Waals surface area contributed by atoms with E-state index in [-0.39, 0.29) is 0 Å². The van der Waals surface area contributed by atoms with E-state index in [9.17, 15) is 0 Å². The number of aromatic nitrogens is 1. The number of nitrogens with two attached hydrogens (primary N) is 1. The maximum atomic E-state index is 5.86. The molecule has 1 aromatic heterocycles. The lowest BCUT2D eigenvalue weighted by atomic mass is 10.2. The zero-order valence-electron chi connectivity index (χ0n) is 8.77. The third kappa shape index (κ3) is 2.25. The molecule has 0 radical (unpaired) electrons. The molecular weight excluding hydrogens is 224 g/mol. The Kier molecular flexibility index (Phi) is 2.97. The van der Waals surface area contributed by atoms with Crippen molar-refractivity contribution < 1.29 is 4.74 Å². The predicted molar refractivity (Wildman–Crippen MR) is 64.9 cm³/mol. The number of benzene rings is 1. The highest BCUT2D eigenvalue weighted by Gasteiger charge is 2.05. The lowest BCUT2D eigenvalue weighted by Crippen LogP contribution is -1.95. The van der Waals surface area contributed by atoms with Crippen LogP contribution in [0.25, 0.3) is 0 Å². The first kappa shape index (κ1) is 10.8. The highest BCUT2D eigenvalue weighted by atomic mass is 35.5. The van der Waals surface area contributed by atoms with E-state index in [0.29, 0.717) is 22.3 Å². The zero-order chi connectivity index (χ0) is 11.5. The van der Waals surface area contributed by atoms with Gasteiger partial charge in [0.05, 0.1) is 5.69 Å². The van der Waals surface area contributed by atoms with Gasteiger partial charge < -0.3 is 10.5 Å². The number of hydrogen-bond acceptors (Lipinski definition) is 3. The zero-order valence-corrected chi connectivity index (χ0v) is 9.53. The van der Waals surface area contributed by atoms with Crippen LogP contribution in [0.2, 0.25) is 5.02 Å². The van der Waals surface area contributed by atoms with Gasteiger partial charge in [-0.25, -0.2) is 4.98 Å². The summed E-state index contributed by atoms with van der Waals surface area (Å²) in [7, 11) is 0. The average molecular weight is 235 g/mol. The molecule has 0 aliphatic rings. The van der Waals surface area contributed by atoms with Crippen LogP contribution in [0.4, 0.5) is 5.69 Å². The van der Waals surface area contributed by atoms with Gasteiger partial charge in [0, 0.05) is 11.2 Å². The number of halogens is 1. The molecule has 4 heteroatoms. The van der Waals surface area contributed by atoms with Crippen molar-refractivity contribution in [1.29, 1.82) is 0 Å². The fraction of sp³-hybridized carbons (Fsp3) is 0.0833. The van der Waals surface area contributed by atoms with Gasteiger partial charge in [0.25, 0.3) is 0 Å². The number of pyridine rings is 1. The molecule has 0 bridgehead atoms. The summed E-state index contributed by atoms with van der Waals surface area (Å²) < 4.78 is 5.60. The van der Waals surface area contributed by atoms with Crippen LogP contribution in [-0.4, -0.2) is 4.98 Å². The number of rotatable bonds is 2. The molecule has 3 nitrogen and oxygen atoms in total. The molecule has 0 fully saturated rings. The number of ether oxygens (including phenoxy) is 1. The highest BCUT2D eigenvalue weighted by Crippen LogP contribution is 2.28. The Morgan fingerprint density at radius 2 is 2.12 bits per heavy atom. The minimum Gasteiger partial charge on any atom is -0.437 e. The van der Waals surface area contributed by atoms with E-state index in [1.807, 2.05) is 13.0 Å².